The van der Waals surface area contributed by atoms with Crippen molar-refractivity contribution >= 4 is 5.76 Å². The van der Waals surface area contributed by atoms with Crippen molar-refractivity contribution in [2.45, 2.75) is 6.92 Å². The van der Waals surface area contributed by atoms with Gasteiger partial charge in [0.25, 0.3) is 0 Å². The highest BCUT2D eigenvalue weighted by atomic mass is 16.5. The molecule has 0 spiro atoms. The van der Waals surface area contributed by atoms with Crippen molar-refractivity contribution in [3.05, 3.63) is 30.3 Å². The lowest BCUT2D eigenvalue weighted by Gasteiger charge is -2.10. The molecule has 0 saturated heterocycles. The van der Waals surface area contributed by atoms with Crippen LogP contribution in [0.2, 0.25) is 0 Å². The van der Waals surface area contributed by atoms with Crippen molar-refractivity contribution < 1.29 is 14.6 Å². The molecular weight excluding hydrogens is 180 g/mol. The number of benzene rings is 1. The van der Waals surface area contributed by atoms with Gasteiger partial charge < -0.3 is 14.6 Å². The predicted octanol–water partition coefficient (Wildman–Crippen LogP) is 2.41. The third-order valence-electron chi connectivity index (χ3n) is 1.82. The van der Waals surface area contributed by atoms with Gasteiger partial charge in [-0.15, -0.1) is 0 Å². The molecule has 14 heavy (non-hydrogen) atoms. The first-order valence-electron chi connectivity index (χ1n) is 4.38. The van der Waals surface area contributed by atoms with Gasteiger partial charge in [0.15, 0.2) is 0 Å². The minimum Gasteiger partial charge on any atom is -0.507 e. The predicted molar refractivity (Wildman–Crippen MR) is 55.3 cm³/mol. The van der Waals surface area contributed by atoms with Crippen LogP contribution < -0.4 is 4.74 Å². The Bertz CT molecular complexity index is 331. The molecule has 0 aliphatic rings. The molecule has 0 radical (unpaired) electrons. The summed E-state index contributed by atoms with van der Waals surface area (Å²) in [6.45, 7) is 6.10. The molecule has 0 heterocycles. The number of aromatic hydroxyl groups is 1. The molecule has 0 unspecified atom stereocenters. The number of phenolic OH excluding ortho intramolecular Hbond substituents is 1. The van der Waals surface area contributed by atoms with Crippen LogP contribution in [-0.2, 0) is 4.74 Å². The first-order valence-corrected chi connectivity index (χ1v) is 4.38. The van der Waals surface area contributed by atoms with Gasteiger partial charge in [0, 0.05) is 0 Å². The molecule has 0 atom stereocenters. The van der Waals surface area contributed by atoms with E-state index in [1.54, 1.807) is 25.3 Å². The number of rotatable bonds is 4. The lowest BCUT2D eigenvalue weighted by Crippen LogP contribution is -1.92. The van der Waals surface area contributed by atoms with Crippen LogP contribution in [0, 0.1) is 0 Å². The minimum atomic E-state index is 0.143. The Hall–Kier alpha value is -1.64. The van der Waals surface area contributed by atoms with Gasteiger partial charge >= 0.3 is 0 Å². The summed E-state index contributed by atoms with van der Waals surface area (Å²) < 4.78 is 10.2. The normalized spacial score (nSPS) is 9.57. The first-order chi connectivity index (χ1) is 6.69. The minimum absolute atomic E-state index is 0.143. The van der Waals surface area contributed by atoms with E-state index in [2.05, 4.69) is 6.58 Å². The summed E-state index contributed by atoms with van der Waals surface area (Å²) in [6.07, 6.45) is 0. The lowest BCUT2D eigenvalue weighted by atomic mass is 10.1. The molecule has 1 aromatic carbocycles. The van der Waals surface area contributed by atoms with Gasteiger partial charge in [-0.1, -0.05) is 6.58 Å². The Morgan fingerprint density at radius 3 is 2.79 bits per heavy atom. The quantitative estimate of drug-likeness (QED) is 0.748. The maximum atomic E-state index is 9.53. The fourth-order valence-corrected chi connectivity index (χ4v) is 1.12. The summed E-state index contributed by atoms with van der Waals surface area (Å²) >= 11 is 0. The zero-order chi connectivity index (χ0) is 10.6. The third-order valence-corrected chi connectivity index (χ3v) is 1.82. The zero-order valence-corrected chi connectivity index (χ0v) is 8.41. The third kappa shape index (κ3) is 2.19. The number of ether oxygens (including phenoxy) is 2. The summed E-state index contributed by atoms with van der Waals surface area (Å²) in [7, 11) is 1.57. The van der Waals surface area contributed by atoms with E-state index in [1.807, 2.05) is 6.92 Å². The van der Waals surface area contributed by atoms with Gasteiger partial charge in [-0.2, -0.15) is 0 Å². The molecule has 0 fully saturated rings. The summed E-state index contributed by atoms with van der Waals surface area (Å²) in [5.41, 5.74) is 0.561. The maximum absolute atomic E-state index is 9.53. The first kappa shape index (κ1) is 10.4. The highest BCUT2D eigenvalue weighted by molar-refractivity contribution is 5.65. The van der Waals surface area contributed by atoms with E-state index in [0.717, 1.165) is 0 Å². The highest BCUT2D eigenvalue weighted by Gasteiger charge is 2.07. The van der Waals surface area contributed by atoms with Crippen LogP contribution in [0.5, 0.6) is 11.5 Å². The Kier molecular flexibility index (Phi) is 3.40. The average Bonchev–Trinajstić information content (AvgIpc) is 2.19. The zero-order valence-electron chi connectivity index (χ0n) is 8.41. The van der Waals surface area contributed by atoms with Crippen molar-refractivity contribution in [2.75, 3.05) is 13.7 Å². The Morgan fingerprint density at radius 2 is 2.21 bits per heavy atom. The molecular formula is C11H14O3. The largest absolute Gasteiger partial charge is 0.507 e. The Balaban J connectivity index is 2.99. The molecule has 0 amide bonds. The van der Waals surface area contributed by atoms with Crippen LogP contribution in [0.15, 0.2) is 24.8 Å². The molecule has 76 valence electrons. The highest BCUT2D eigenvalue weighted by Crippen LogP contribution is 2.28. The van der Waals surface area contributed by atoms with Crippen LogP contribution in [-0.4, -0.2) is 18.8 Å². The van der Waals surface area contributed by atoms with E-state index in [1.165, 1.54) is 0 Å². The van der Waals surface area contributed by atoms with Crippen molar-refractivity contribution in [1.29, 1.82) is 0 Å². The Morgan fingerprint density at radius 1 is 1.50 bits per heavy atom. The van der Waals surface area contributed by atoms with E-state index < -0.39 is 0 Å². The summed E-state index contributed by atoms with van der Waals surface area (Å²) in [6, 6.07) is 4.92. The summed E-state index contributed by atoms with van der Waals surface area (Å²) in [4.78, 5) is 0. The molecule has 1 rings (SSSR count). The standard InChI is InChI=1S/C11H14O3/c1-4-14-8(2)10-7-9(13-3)5-6-11(10)12/h5-7,12H,2,4H2,1,3H3. The van der Waals surface area contributed by atoms with Gasteiger partial charge in [0.1, 0.15) is 17.3 Å². The van der Waals surface area contributed by atoms with Crippen molar-refractivity contribution in [3.63, 3.8) is 0 Å². The summed E-state index contributed by atoms with van der Waals surface area (Å²) in [5.74, 6) is 1.26. The van der Waals surface area contributed by atoms with Crippen LogP contribution in [0.4, 0.5) is 0 Å². The fourth-order valence-electron chi connectivity index (χ4n) is 1.12. The van der Waals surface area contributed by atoms with Gasteiger partial charge in [-0.05, 0) is 25.1 Å². The van der Waals surface area contributed by atoms with Gasteiger partial charge in [-0.25, -0.2) is 0 Å². The molecule has 1 N–H and O–H groups in total. The van der Waals surface area contributed by atoms with E-state index in [-0.39, 0.29) is 5.75 Å². The van der Waals surface area contributed by atoms with Crippen molar-refractivity contribution in [1.82, 2.24) is 0 Å². The second-order valence-corrected chi connectivity index (χ2v) is 2.74. The lowest BCUT2D eigenvalue weighted by molar-refractivity contribution is 0.297. The second kappa shape index (κ2) is 4.56. The maximum Gasteiger partial charge on any atom is 0.126 e. The monoisotopic (exact) mass is 194 g/mol. The molecule has 0 aliphatic heterocycles. The molecule has 3 nitrogen and oxygen atoms in total. The fraction of sp³-hybridized carbons (Fsp3) is 0.273. The Labute approximate surface area is 83.6 Å². The average molecular weight is 194 g/mol. The van der Waals surface area contributed by atoms with Crippen LogP contribution in [0.1, 0.15) is 12.5 Å². The number of methoxy groups -OCH3 is 1. The van der Waals surface area contributed by atoms with E-state index in [0.29, 0.717) is 23.7 Å². The van der Waals surface area contributed by atoms with Gasteiger partial charge in [0.2, 0.25) is 0 Å². The summed E-state index contributed by atoms with van der Waals surface area (Å²) in [5, 5.41) is 9.53. The van der Waals surface area contributed by atoms with Gasteiger partial charge in [0.05, 0.1) is 19.3 Å². The smallest absolute Gasteiger partial charge is 0.126 e. The number of phenols is 1. The SMILES string of the molecule is C=C(OCC)c1cc(OC)ccc1O. The van der Waals surface area contributed by atoms with E-state index in [4.69, 9.17) is 9.47 Å². The van der Waals surface area contributed by atoms with Gasteiger partial charge in [-0.3, -0.25) is 0 Å². The van der Waals surface area contributed by atoms with Crippen LogP contribution >= 0.6 is 0 Å². The molecule has 0 aliphatic carbocycles. The van der Waals surface area contributed by atoms with Crippen LogP contribution in [0.25, 0.3) is 5.76 Å². The van der Waals surface area contributed by atoms with E-state index >= 15 is 0 Å². The topological polar surface area (TPSA) is 38.7 Å². The molecule has 3 heteroatoms. The van der Waals surface area contributed by atoms with Crippen molar-refractivity contribution in [3.8, 4) is 11.5 Å². The molecule has 0 saturated carbocycles. The number of hydrogen-bond donors (Lipinski definition) is 1. The van der Waals surface area contributed by atoms with Crippen LogP contribution in [0.3, 0.4) is 0 Å². The van der Waals surface area contributed by atoms with Crippen molar-refractivity contribution in [2.24, 2.45) is 0 Å². The number of hydrogen-bond acceptors (Lipinski definition) is 3. The second-order valence-electron chi connectivity index (χ2n) is 2.74. The molecule has 0 bridgehead atoms. The molecule has 1 aromatic rings. The van der Waals surface area contributed by atoms with E-state index in [9.17, 15) is 5.11 Å². The molecule has 0 aromatic heterocycles.